The van der Waals surface area contributed by atoms with E-state index in [2.05, 4.69) is 33.6 Å². The molecular weight excluding hydrogens is 316 g/mol. The number of piperazine rings is 1. The minimum atomic E-state index is 0.0527. The average Bonchev–Trinajstić information content (AvgIpc) is 3.22. The molecule has 2 amide bonds. The van der Waals surface area contributed by atoms with Crippen LogP contribution in [0.2, 0.25) is 0 Å². The molecule has 1 N–H and O–H groups in total. The third-order valence-corrected chi connectivity index (χ3v) is 5.15. The molecule has 1 aromatic heterocycles. The van der Waals surface area contributed by atoms with Crippen LogP contribution < -0.4 is 5.32 Å². The van der Waals surface area contributed by atoms with Gasteiger partial charge in [-0.2, -0.15) is 0 Å². The fourth-order valence-electron chi connectivity index (χ4n) is 3.77. The van der Waals surface area contributed by atoms with Crippen molar-refractivity contribution in [2.75, 3.05) is 26.2 Å². The molecule has 6 heteroatoms. The van der Waals surface area contributed by atoms with Crippen LogP contribution in [-0.2, 0) is 13.0 Å². The maximum Gasteiger partial charge on any atom is 0.317 e. The van der Waals surface area contributed by atoms with Gasteiger partial charge in [-0.3, -0.25) is 4.90 Å². The molecule has 0 radical (unpaired) electrons. The van der Waals surface area contributed by atoms with Crippen LogP contribution in [0, 0.1) is 6.92 Å². The quantitative estimate of drug-likeness (QED) is 0.932. The fraction of sp³-hybridized carbons (Fsp3) is 0.474. The number of nitrogens with one attached hydrogen (secondary N) is 1. The van der Waals surface area contributed by atoms with Crippen molar-refractivity contribution >= 4 is 6.03 Å². The lowest BCUT2D eigenvalue weighted by atomic mass is 10.1. The zero-order chi connectivity index (χ0) is 17.2. The Bertz CT molecular complexity index is 749. The highest BCUT2D eigenvalue weighted by molar-refractivity contribution is 5.75. The van der Waals surface area contributed by atoms with Crippen LogP contribution in [-0.4, -0.2) is 47.2 Å². The minimum absolute atomic E-state index is 0.0527. The summed E-state index contributed by atoms with van der Waals surface area (Å²) in [6, 6.07) is 10.6. The number of benzene rings is 1. The van der Waals surface area contributed by atoms with Gasteiger partial charge in [0.1, 0.15) is 0 Å². The highest BCUT2D eigenvalue weighted by Crippen LogP contribution is 2.30. The first-order valence-corrected chi connectivity index (χ1v) is 8.97. The summed E-state index contributed by atoms with van der Waals surface area (Å²) >= 11 is 0. The van der Waals surface area contributed by atoms with Gasteiger partial charge in [-0.1, -0.05) is 29.4 Å². The second-order valence-corrected chi connectivity index (χ2v) is 6.94. The van der Waals surface area contributed by atoms with E-state index in [-0.39, 0.29) is 12.1 Å². The van der Waals surface area contributed by atoms with Crippen molar-refractivity contribution in [2.24, 2.45) is 0 Å². The number of aromatic nitrogens is 1. The number of hydrogen-bond acceptors (Lipinski definition) is 4. The van der Waals surface area contributed by atoms with Crippen molar-refractivity contribution in [1.82, 2.24) is 20.3 Å². The number of amides is 2. The molecule has 1 aromatic carbocycles. The Kier molecular flexibility index (Phi) is 4.44. The Balaban J connectivity index is 1.28. The Morgan fingerprint density at radius 1 is 1.28 bits per heavy atom. The van der Waals surface area contributed by atoms with Crippen LogP contribution in [0.25, 0.3) is 0 Å². The van der Waals surface area contributed by atoms with Crippen LogP contribution >= 0.6 is 0 Å². The summed E-state index contributed by atoms with van der Waals surface area (Å²) in [6.45, 7) is 5.88. The van der Waals surface area contributed by atoms with Gasteiger partial charge in [0.25, 0.3) is 0 Å². The van der Waals surface area contributed by atoms with Crippen molar-refractivity contribution in [3.8, 4) is 0 Å². The van der Waals surface area contributed by atoms with E-state index in [1.807, 2.05) is 24.0 Å². The van der Waals surface area contributed by atoms with Gasteiger partial charge in [0, 0.05) is 32.2 Å². The number of rotatable bonds is 3. The fourth-order valence-corrected chi connectivity index (χ4v) is 3.77. The first-order chi connectivity index (χ1) is 12.2. The van der Waals surface area contributed by atoms with Crippen LogP contribution in [0.1, 0.15) is 35.0 Å². The van der Waals surface area contributed by atoms with Gasteiger partial charge < -0.3 is 14.7 Å². The highest BCUT2D eigenvalue weighted by Gasteiger charge is 2.27. The van der Waals surface area contributed by atoms with E-state index < -0.39 is 0 Å². The lowest BCUT2D eigenvalue weighted by Crippen LogP contribution is -2.51. The summed E-state index contributed by atoms with van der Waals surface area (Å²) in [4.78, 5) is 16.8. The van der Waals surface area contributed by atoms with E-state index in [1.54, 1.807) is 0 Å². The van der Waals surface area contributed by atoms with E-state index in [9.17, 15) is 4.79 Å². The maximum absolute atomic E-state index is 12.6. The molecule has 25 heavy (non-hydrogen) atoms. The minimum Gasteiger partial charge on any atom is -0.360 e. The van der Waals surface area contributed by atoms with Gasteiger partial charge in [0.05, 0.1) is 18.3 Å². The first-order valence-electron chi connectivity index (χ1n) is 8.97. The van der Waals surface area contributed by atoms with Gasteiger partial charge in [-0.05, 0) is 30.9 Å². The van der Waals surface area contributed by atoms with E-state index >= 15 is 0 Å². The van der Waals surface area contributed by atoms with E-state index in [0.29, 0.717) is 0 Å². The largest absolute Gasteiger partial charge is 0.360 e. The van der Waals surface area contributed by atoms with Crippen molar-refractivity contribution in [3.05, 3.63) is 52.9 Å². The Labute approximate surface area is 147 Å². The second kappa shape index (κ2) is 6.88. The molecule has 0 unspecified atom stereocenters. The lowest BCUT2D eigenvalue weighted by Gasteiger charge is -2.34. The van der Waals surface area contributed by atoms with Crippen LogP contribution in [0.15, 0.2) is 34.9 Å². The third kappa shape index (κ3) is 3.54. The number of aryl methyl sites for hydroxylation is 2. The van der Waals surface area contributed by atoms with Crippen molar-refractivity contribution in [2.45, 2.75) is 32.4 Å². The SMILES string of the molecule is Cc1cc(CN2CCN(C(=O)N[C@@H]3CCc4ccccc43)CC2)on1. The molecule has 2 aliphatic rings. The summed E-state index contributed by atoms with van der Waals surface area (Å²) in [5.41, 5.74) is 3.54. The van der Waals surface area contributed by atoms with Gasteiger partial charge in [-0.15, -0.1) is 0 Å². The van der Waals surface area contributed by atoms with E-state index in [4.69, 9.17) is 4.52 Å². The zero-order valence-electron chi connectivity index (χ0n) is 14.6. The molecular formula is C19H24N4O2. The normalized spacial score (nSPS) is 20.5. The molecule has 0 spiro atoms. The smallest absolute Gasteiger partial charge is 0.317 e. The number of nitrogens with zero attached hydrogens (tertiary/aromatic N) is 3. The van der Waals surface area contributed by atoms with E-state index in [1.165, 1.54) is 11.1 Å². The molecule has 132 valence electrons. The second-order valence-electron chi connectivity index (χ2n) is 6.94. The monoisotopic (exact) mass is 340 g/mol. The highest BCUT2D eigenvalue weighted by atomic mass is 16.5. The third-order valence-electron chi connectivity index (χ3n) is 5.15. The van der Waals surface area contributed by atoms with Crippen molar-refractivity contribution in [1.29, 1.82) is 0 Å². The number of hydrogen-bond donors (Lipinski definition) is 1. The Hall–Kier alpha value is -2.34. The first kappa shape index (κ1) is 16.1. The summed E-state index contributed by atoms with van der Waals surface area (Å²) in [5.74, 6) is 0.887. The summed E-state index contributed by atoms with van der Waals surface area (Å²) < 4.78 is 5.28. The van der Waals surface area contributed by atoms with Gasteiger partial charge in [-0.25, -0.2) is 4.79 Å². The predicted octanol–water partition coefficient (Wildman–Crippen LogP) is 2.50. The van der Waals surface area contributed by atoms with Crippen molar-refractivity contribution < 1.29 is 9.32 Å². The molecule has 2 aromatic rings. The topological polar surface area (TPSA) is 61.6 Å². The standard InChI is InChI=1S/C19H24N4O2/c1-14-12-16(25-21-14)13-22-8-10-23(11-9-22)19(24)20-18-7-6-15-4-2-3-5-17(15)18/h2-5,12,18H,6-11,13H2,1H3,(H,20,24)/t18-/m1/s1. The zero-order valence-corrected chi connectivity index (χ0v) is 14.6. The molecule has 4 rings (SSSR count). The summed E-state index contributed by atoms with van der Waals surface area (Å²) in [5, 5.41) is 7.14. The van der Waals surface area contributed by atoms with Crippen LogP contribution in [0.4, 0.5) is 4.79 Å². The lowest BCUT2D eigenvalue weighted by molar-refractivity contribution is 0.126. The molecule has 1 aliphatic heterocycles. The molecule has 1 atom stereocenters. The molecule has 6 nitrogen and oxygen atoms in total. The molecule has 0 saturated carbocycles. The molecule has 0 bridgehead atoms. The number of fused-ring (bicyclic) bond motifs is 1. The molecule has 2 heterocycles. The Morgan fingerprint density at radius 2 is 2.08 bits per heavy atom. The van der Waals surface area contributed by atoms with Crippen molar-refractivity contribution in [3.63, 3.8) is 0 Å². The molecule has 1 aliphatic carbocycles. The Morgan fingerprint density at radius 3 is 2.84 bits per heavy atom. The van der Waals surface area contributed by atoms with Gasteiger partial charge >= 0.3 is 6.03 Å². The van der Waals surface area contributed by atoms with Crippen LogP contribution in [0.3, 0.4) is 0 Å². The van der Waals surface area contributed by atoms with E-state index in [0.717, 1.165) is 57.0 Å². The van der Waals surface area contributed by atoms with Crippen LogP contribution in [0.5, 0.6) is 0 Å². The average molecular weight is 340 g/mol. The maximum atomic E-state index is 12.6. The summed E-state index contributed by atoms with van der Waals surface area (Å²) in [6.07, 6.45) is 2.04. The molecule has 1 saturated heterocycles. The summed E-state index contributed by atoms with van der Waals surface area (Å²) in [7, 11) is 0. The molecule has 1 fully saturated rings. The number of carbonyl (C=O) groups is 1. The predicted molar refractivity (Wildman–Crippen MR) is 94.1 cm³/mol. The van der Waals surface area contributed by atoms with Gasteiger partial charge in [0.15, 0.2) is 5.76 Å². The number of carbonyl (C=O) groups excluding carboxylic acids is 1. The van der Waals surface area contributed by atoms with Gasteiger partial charge in [0.2, 0.25) is 0 Å². The number of urea groups is 1.